The van der Waals surface area contributed by atoms with Crippen LogP contribution in [0.15, 0.2) is 30.4 Å². The van der Waals surface area contributed by atoms with Crippen LogP contribution >= 0.6 is 0 Å². The summed E-state index contributed by atoms with van der Waals surface area (Å²) in [5.41, 5.74) is 0.0734. The van der Waals surface area contributed by atoms with Gasteiger partial charge in [-0.3, -0.25) is 9.69 Å². The second-order valence-corrected chi connectivity index (χ2v) is 10.1. The molecule has 7 heteroatoms. The Morgan fingerprint density at radius 2 is 2.06 bits per heavy atom. The zero-order valence-corrected chi connectivity index (χ0v) is 20.3. The number of benzene rings is 1. The van der Waals surface area contributed by atoms with Gasteiger partial charge in [-0.05, 0) is 37.9 Å². The zero-order valence-electron chi connectivity index (χ0n) is 20.3. The van der Waals surface area contributed by atoms with Gasteiger partial charge in [-0.15, -0.1) is 0 Å². The summed E-state index contributed by atoms with van der Waals surface area (Å²) in [4.78, 5) is 17.1. The number of fused-ring (bicyclic) bond motifs is 1. The molecule has 2 fully saturated rings. The van der Waals surface area contributed by atoms with E-state index in [2.05, 4.69) is 41.0 Å². The van der Waals surface area contributed by atoms with Gasteiger partial charge < -0.3 is 24.2 Å². The minimum absolute atomic E-state index is 0.103. The summed E-state index contributed by atoms with van der Waals surface area (Å²) in [5.74, 6) is 0.416. The number of ether oxygens (including phenoxy) is 3. The summed E-state index contributed by atoms with van der Waals surface area (Å²) >= 11 is 0. The predicted octanol–water partition coefficient (Wildman–Crippen LogP) is 2.50. The molecule has 0 amide bonds. The molecule has 7 nitrogen and oxygen atoms in total. The van der Waals surface area contributed by atoms with E-state index in [1.807, 2.05) is 20.0 Å². The van der Waals surface area contributed by atoms with Crippen molar-refractivity contribution in [1.82, 2.24) is 4.90 Å². The standard InChI is InChI=1S/C26H36N2O5/c1-6-24-11-8-13-28-14-12-25(21(24)28)19-10-9-18(31-5)15-20(19)27(4)22(25)26(30,16-32-7-2)23(24)33-17(3)29/h8-11,15,21-23,30H,6-7,12-14,16H2,1-5H3/t21-,22+,23+,24+,25+,26?/m0/s1. The molecule has 1 spiro atoms. The Hall–Kier alpha value is -2.09. The predicted molar refractivity (Wildman–Crippen MR) is 126 cm³/mol. The number of aliphatic hydroxyl groups is 1. The monoisotopic (exact) mass is 456 g/mol. The Morgan fingerprint density at radius 3 is 2.73 bits per heavy atom. The van der Waals surface area contributed by atoms with Gasteiger partial charge in [-0.1, -0.05) is 25.1 Å². The summed E-state index contributed by atoms with van der Waals surface area (Å²) < 4.78 is 17.6. The van der Waals surface area contributed by atoms with Gasteiger partial charge in [0.2, 0.25) is 0 Å². The number of carbonyl (C=O) groups is 1. The van der Waals surface area contributed by atoms with Crippen molar-refractivity contribution in [2.24, 2.45) is 5.41 Å². The van der Waals surface area contributed by atoms with Gasteiger partial charge in [0.1, 0.15) is 17.5 Å². The van der Waals surface area contributed by atoms with Crippen molar-refractivity contribution in [2.75, 3.05) is 45.4 Å². The number of methoxy groups -OCH3 is 1. The second-order valence-electron chi connectivity index (χ2n) is 10.1. The van der Waals surface area contributed by atoms with Gasteiger partial charge in [0.15, 0.2) is 0 Å². The Bertz CT molecular complexity index is 981. The van der Waals surface area contributed by atoms with E-state index in [9.17, 15) is 9.90 Å². The number of hydrogen-bond acceptors (Lipinski definition) is 7. The first-order chi connectivity index (χ1) is 15.8. The maximum absolute atomic E-state index is 12.7. The highest BCUT2D eigenvalue weighted by Gasteiger charge is 2.77. The number of esters is 1. The van der Waals surface area contributed by atoms with Gasteiger partial charge in [0.05, 0.1) is 19.8 Å². The van der Waals surface area contributed by atoms with E-state index in [0.29, 0.717) is 6.61 Å². The average molecular weight is 457 g/mol. The SMILES string of the molecule is CCOCC1(O)[C@H](OC(C)=O)[C@]2(CC)C=CCN3CC[C@@]4(c5ccc(OC)cc5N(C)[C@@H]14)[C@@H]32. The molecule has 0 aromatic heterocycles. The first-order valence-electron chi connectivity index (χ1n) is 12.1. The highest BCUT2D eigenvalue weighted by Crippen LogP contribution is 2.67. The lowest BCUT2D eigenvalue weighted by Gasteiger charge is -2.64. The van der Waals surface area contributed by atoms with Crippen LogP contribution in [0.4, 0.5) is 5.69 Å². The van der Waals surface area contributed by atoms with Gasteiger partial charge in [0.25, 0.3) is 0 Å². The van der Waals surface area contributed by atoms with Crippen molar-refractivity contribution in [2.45, 2.75) is 62.8 Å². The van der Waals surface area contributed by atoms with Crippen LogP contribution in [0.3, 0.4) is 0 Å². The molecule has 4 aliphatic rings. The molecule has 3 aliphatic heterocycles. The smallest absolute Gasteiger partial charge is 0.303 e. The van der Waals surface area contributed by atoms with Crippen molar-refractivity contribution >= 4 is 11.7 Å². The first kappa shape index (κ1) is 22.7. The molecule has 33 heavy (non-hydrogen) atoms. The molecule has 1 unspecified atom stereocenters. The normalized spacial score (nSPS) is 38.6. The average Bonchev–Trinajstić information content (AvgIpc) is 3.32. The van der Waals surface area contributed by atoms with Crippen LogP contribution in [0.25, 0.3) is 0 Å². The van der Waals surface area contributed by atoms with Gasteiger partial charge >= 0.3 is 5.97 Å². The Kier molecular flexibility index (Phi) is 5.31. The third kappa shape index (κ3) is 2.76. The molecular weight excluding hydrogens is 420 g/mol. The largest absolute Gasteiger partial charge is 0.497 e. The van der Waals surface area contributed by atoms with E-state index in [-0.39, 0.29) is 30.1 Å². The fourth-order valence-corrected chi connectivity index (χ4v) is 7.87. The van der Waals surface area contributed by atoms with Crippen LogP contribution in [0.1, 0.15) is 39.2 Å². The molecule has 3 heterocycles. The zero-order chi connectivity index (χ0) is 23.6. The Balaban J connectivity index is 1.81. The summed E-state index contributed by atoms with van der Waals surface area (Å²) in [6.45, 7) is 7.89. The summed E-state index contributed by atoms with van der Waals surface area (Å²) in [6, 6.07) is 6.08. The van der Waals surface area contributed by atoms with Crippen molar-refractivity contribution in [3.8, 4) is 5.75 Å². The molecule has 1 saturated carbocycles. The van der Waals surface area contributed by atoms with E-state index < -0.39 is 17.1 Å². The summed E-state index contributed by atoms with van der Waals surface area (Å²) in [7, 11) is 3.72. The van der Waals surface area contributed by atoms with Crippen molar-refractivity contribution in [1.29, 1.82) is 0 Å². The molecule has 180 valence electrons. The number of nitrogens with zero attached hydrogens (tertiary/aromatic N) is 2. The molecule has 0 radical (unpaired) electrons. The Labute approximate surface area is 196 Å². The summed E-state index contributed by atoms with van der Waals surface area (Å²) in [6.07, 6.45) is 5.36. The van der Waals surface area contributed by atoms with Crippen molar-refractivity contribution in [3.05, 3.63) is 35.9 Å². The third-order valence-electron chi connectivity index (χ3n) is 8.75. The fourth-order valence-electron chi connectivity index (χ4n) is 7.87. The number of likely N-dealkylation sites (N-methyl/N-ethyl adjacent to an activating group) is 1. The molecule has 6 atom stereocenters. The van der Waals surface area contributed by atoms with Crippen LogP contribution in [0.5, 0.6) is 5.75 Å². The van der Waals surface area contributed by atoms with Gasteiger partial charge in [-0.25, -0.2) is 0 Å². The van der Waals surface area contributed by atoms with E-state index in [0.717, 1.165) is 37.4 Å². The number of anilines is 1. The van der Waals surface area contributed by atoms with Gasteiger partial charge in [-0.2, -0.15) is 0 Å². The number of rotatable bonds is 6. The van der Waals surface area contributed by atoms with Crippen LogP contribution in [-0.2, 0) is 19.7 Å². The minimum atomic E-state index is -1.40. The van der Waals surface area contributed by atoms with Crippen molar-refractivity contribution in [3.63, 3.8) is 0 Å². The molecule has 1 aromatic carbocycles. The lowest BCUT2D eigenvalue weighted by atomic mass is 9.48. The van der Waals surface area contributed by atoms with E-state index in [1.165, 1.54) is 12.5 Å². The molecule has 0 bridgehead atoms. The molecule has 1 aliphatic carbocycles. The third-order valence-corrected chi connectivity index (χ3v) is 8.75. The molecule has 1 N–H and O–H groups in total. The molecule has 1 aromatic rings. The fraction of sp³-hybridized carbons (Fsp3) is 0.654. The molecule has 5 rings (SSSR count). The van der Waals surface area contributed by atoms with Crippen LogP contribution in [0.2, 0.25) is 0 Å². The first-order valence-corrected chi connectivity index (χ1v) is 12.1. The maximum Gasteiger partial charge on any atom is 0.303 e. The lowest BCUT2D eigenvalue weighted by molar-refractivity contribution is -0.232. The minimum Gasteiger partial charge on any atom is -0.497 e. The van der Waals surface area contributed by atoms with Crippen LogP contribution < -0.4 is 9.64 Å². The van der Waals surface area contributed by atoms with E-state index >= 15 is 0 Å². The topological polar surface area (TPSA) is 71.5 Å². The van der Waals surface area contributed by atoms with E-state index in [4.69, 9.17) is 14.2 Å². The summed E-state index contributed by atoms with van der Waals surface area (Å²) in [5, 5.41) is 12.7. The number of hydrogen-bond donors (Lipinski definition) is 1. The molecular formula is C26H36N2O5. The van der Waals surface area contributed by atoms with Crippen molar-refractivity contribution < 1.29 is 24.1 Å². The van der Waals surface area contributed by atoms with E-state index in [1.54, 1.807) is 7.11 Å². The second kappa shape index (κ2) is 7.72. The lowest BCUT2D eigenvalue weighted by Crippen LogP contribution is -2.80. The van der Waals surface area contributed by atoms with Crippen LogP contribution in [-0.4, -0.2) is 80.2 Å². The van der Waals surface area contributed by atoms with Gasteiger partial charge in [0, 0.05) is 55.7 Å². The quantitative estimate of drug-likeness (QED) is 0.521. The highest BCUT2D eigenvalue weighted by atomic mass is 16.6. The van der Waals surface area contributed by atoms with Crippen LogP contribution in [0, 0.1) is 5.41 Å². The number of carbonyl (C=O) groups excluding carboxylic acids is 1. The molecule has 1 saturated heterocycles. The maximum atomic E-state index is 12.7. The Morgan fingerprint density at radius 1 is 1.27 bits per heavy atom. The highest BCUT2D eigenvalue weighted by molar-refractivity contribution is 5.71.